The van der Waals surface area contributed by atoms with Crippen LogP contribution in [0.15, 0.2) is 0 Å². The standard InChI is InChI=1S/C36H57N3O37S3/c1-7(43)37-13-16(46)21(74-77(56,57)58)10(4-40)66-33(13)70-26-17(47)20(50)36(73-28(26)30(51)52)69-25-15(39-9(3)45)34(67-12(6-42)23(25)76-79(62,63)64)71-27-18(48)19(49)35(72-29(27)31(53)54)68-24-14(38-8(2)44)32(55)65-11(5-41)22(24)75-78(59,60)61/h10-29,32-36,40-42,46-50,55H,4-6H2,1-3H3,(H,37,43)(H,38,44)(H,39,45)(H,51,52)(H,53,54)(H,56,57,58)(H,59,60,61)(H,62,63,64)/t10-,11-,12-,13-,14-,15-,16-,17-,18-,19-,20-,21+,22+,23+,24-,25-,26+,27+,28-,29-,32?,33+,34+,35-,36-/m1/s1. The lowest BCUT2D eigenvalue weighted by molar-refractivity contribution is -0.372. The van der Waals surface area contributed by atoms with Crippen molar-refractivity contribution in [3.63, 3.8) is 0 Å². The molecule has 0 radical (unpaired) electrons. The zero-order valence-corrected chi connectivity index (χ0v) is 42.9. The first-order chi connectivity index (χ1) is 36.5. The minimum atomic E-state index is -5.77. The number of amides is 3. The highest BCUT2D eigenvalue weighted by molar-refractivity contribution is 7.81. The SMILES string of the molecule is CC(=O)N[C@H]1[C@H](O[C@H]2[C@H](O)[C@@H](O)[C@H](O[C@@H]3[C@@H](NC(C)=O)[C@H](O[C@H]4[C@H](O)[C@@H](O)[C@H](O[C@H]5[C@@H](OS(=O)(=O)O)[C@@H](CO)OC(O)[C@@H]5NC(C)=O)O[C@H]4C(=O)O)O[C@H](CO)[C@@H]3OS(=O)(=O)O)O[C@H]2C(=O)O)O[C@H](CO)[C@H](OS(=O)(=O)O)[C@@H]1O. The zero-order chi connectivity index (χ0) is 59.5. The number of aliphatic carboxylic acids is 2. The Labute approximate surface area is 444 Å². The highest BCUT2D eigenvalue weighted by Crippen LogP contribution is 2.38. The molecule has 0 aromatic rings. The van der Waals surface area contributed by atoms with Crippen molar-refractivity contribution in [3.05, 3.63) is 0 Å². The fourth-order valence-electron chi connectivity index (χ4n) is 8.90. The molecule has 0 spiro atoms. The van der Waals surface area contributed by atoms with E-state index in [4.69, 9.17) is 46.8 Å². The summed E-state index contributed by atoms with van der Waals surface area (Å²) in [5.41, 5.74) is 0. The van der Waals surface area contributed by atoms with E-state index < -0.39 is 234 Å². The number of hydrogen-bond donors (Lipinski definition) is 17. The normalized spacial score (nSPS) is 41.4. The van der Waals surface area contributed by atoms with Crippen LogP contribution in [0, 0.1) is 0 Å². The lowest BCUT2D eigenvalue weighted by atomic mass is 9.93. The summed E-state index contributed by atoms with van der Waals surface area (Å²) >= 11 is 0. The van der Waals surface area contributed by atoms with Crippen molar-refractivity contribution >= 4 is 60.9 Å². The van der Waals surface area contributed by atoms with E-state index in [0.29, 0.717) is 0 Å². The molecule has 5 aliphatic heterocycles. The van der Waals surface area contributed by atoms with Crippen LogP contribution in [-0.2, 0) is 110 Å². The van der Waals surface area contributed by atoms with Gasteiger partial charge in [0.15, 0.2) is 43.7 Å². The molecule has 5 rings (SSSR count). The second-order valence-corrected chi connectivity index (χ2v) is 20.9. The Bertz CT molecular complexity index is 2500. The summed E-state index contributed by atoms with van der Waals surface area (Å²) in [7, 11) is -16.7. The number of aliphatic hydroxyl groups is 9. The fourth-order valence-corrected chi connectivity index (χ4v) is 10.4. The van der Waals surface area contributed by atoms with Crippen LogP contribution in [0.25, 0.3) is 0 Å². The number of carbonyl (C=O) groups excluding carboxylic acids is 3. The van der Waals surface area contributed by atoms with E-state index in [9.17, 15) is 119 Å². The van der Waals surface area contributed by atoms with Crippen LogP contribution < -0.4 is 16.0 Å². The molecule has 5 fully saturated rings. The Balaban J connectivity index is 1.50. The summed E-state index contributed by atoms with van der Waals surface area (Å²) in [4.78, 5) is 62.8. The lowest BCUT2D eigenvalue weighted by Gasteiger charge is -2.50. The van der Waals surface area contributed by atoms with Gasteiger partial charge < -0.3 is 115 Å². The highest BCUT2D eigenvalue weighted by Gasteiger charge is 2.60. The average Bonchev–Trinajstić information content (AvgIpc) is 3.41. The number of nitrogens with one attached hydrogen (secondary N) is 3. The van der Waals surface area contributed by atoms with Gasteiger partial charge in [-0.3, -0.25) is 28.0 Å². The molecule has 0 aliphatic carbocycles. The van der Waals surface area contributed by atoms with E-state index >= 15 is 0 Å². The molecule has 0 aromatic heterocycles. The first kappa shape index (κ1) is 66.0. The minimum absolute atomic E-state index is 0.756. The van der Waals surface area contributed by atoms with Gasteiger partial charge in [0.25, 0.3) is 0 Å². The third kappa shape index (κ3) is 16.5. The van der Waals surface area contributed by atoms with Gasteiger partial charge in [0.2, 0.25) is 17.7 Å². The van der Waals surface area contributed by atoms with Gasteiger partial charge in [-0.2, -0.15) is 25.3 Å². The van der Waals surface area contributed by atoms with Crippen molar-refractivity contribution in [2.24, 2.45) is 0 Å². The molecule has 0 bridgehead atoms. The summed E-state index contributed by atoms with van der Waals surface area (Å²) < 4.78 is 163. The maximum atomic E-state index is 12.9. The summed E-state index contributed by atoms with van der Waals surface area (Å²) in [6, 6.07) is -6.31. The van der Waals surface area contributed by atoms with E-state index in [1.165, 1.54) is 0 Å². The summed E-state index contributed by atoms with van der Waals surface area (Å²) in [6.45, 7) is -1.41. The molecule has 5 heterocycles. The Kier molecular flexibility index (Phi) is 22.3. The minimum Gasteiger partial charge on any atom is -0.479 e. The molecule has 79 heavy (non-hydrogen) atoms. The lowest BCUT2D eigenvalue weighted by Crippen LogP contribution is -2.71. The van der Waals surface area contributed by atoms with E-state index in [0.717, 1.165) is 20.8 Å². The van der Waals surface area contributed by atoms with Crippen LogP contribution >= 0.6 is 0 Å². The number of hydrogen-bond acceptors (Lipinski definition) is 32. The van der Waals surface area contributed by atoms with Crippen molar-refractivity contribution < 1.29 is 174 Å². The third-order valence-electron chi connectivity index (χ3n) is 12.1. The summed E-state index contributed by atoms with van der Waals surface area (Å²) in [5, 5.41) is 125. The van der Waals surface area contributed by atoms with E-state index in [-0.39, 0.29) is 0 Å². The van der Waals surface area contributed by atoms with Crippen LogP contribution in [0.1, 0.15) is 20.8 Å². The van der Waals surface area contributed by atoms with Crippen LogP contribution in [-0.4, -0.2) is 298 Å². The van der Waals surface area contributed by atoms with Crippen molar-refractivity contribution in [3.8, 4) is 0 Å². The maximum Gasteiger partial charge on any atom is 0.397 e. The fraction of sp³-hybridized carbons (Fsp3) is 0.861. The molecule has 1 unspecified atom stereocenters. The van der Waals surface area contributed by atoms with E-state index in [1.807, 2.05) is 0 Å². The van der Waals surface area contributed by atoms with Gasteiger partial charge in [-0.1, -0.05) is 0 Å². The Hall–Kier alpha value is -3.76. The molecule has 40 nitrogen and oxygen atoms in total. The monoisotopic (exact) mass is 1220 g/mol. The van der Waals surface area contributed by atoms with Crippen LogP contribution in [0.4, 0.5) is 0 Å². The smallest absolute Gasteiger partial charge is 0.397 e. The topological polar surface area (TPSA) is 618 Å². The molecule has 456 valence electrons. The molecule has 3 amide bonds. The second kappa shape index (κ2) is 26.7. The van der Waals surface area contributed by atoms with Crippen molar-refractivity contribution in [2.75, 3.05) is 19.8 Å². The predicted molar refractivity (Wildman–Crippen MR) is 234 cm³/mol. The molecule has 0 saturated carbocycles. The number of rotatable bonds is 22. The van der Waals surface area contributed by atoms with Gasteiger partial charge in [-0.25, -0.2) is 22.1 Å². The van der Waals surface area contributed by atoms with Crippen molar-refractivity contribution in [1.82, 2.24) is 16.0 Å². The van der Waals surface area contributed by atoms with Crippen molar-refractivity contribution in [1.29, 1.82) is 0 Å². The Morgan fingerprint density at radius 2 is 0.722 bits per heavy atom. The molecular formula is C36H57N3O37S3. The maximum absolute atomic E-state index is 12.9. The number of carboxylic acids is 2. The van der Waals surface area contributed by atoms with Crippen LogP contribution in [0.3, 0.4) is 0 Å². The Morgan fingerprint density at radius 3 is 1.09 bits per heavy atom. The molecule has 5 saturated heterocycles. The van der Waals surface area contributed by atoms with Gasteiger partial charge in [-0.05, 0) is 0 Å². The third-order valence-corrected chi connectivity index (χ3v) is 13.5. The van der Waals surface area contributed by atoms with E-state index in [1.54, 1.807) is 0 Å². The summed E-state index contributed by atoms with van der Waals surface area (Å²) in [5.74, 6) is -7.42. The van der Waals surface area contributed by atoms with Gasteiger partial charge in [0.05, 0.1) is 19.8 Å². The number of aliphatic hydroxyl groups excluding tert-OH is 9. The molecule has 43 heteroatoms. The van der Waals surface area contributed by atoms with Crippen LogP contribution in [0.5, 0.6) is 0 Å². The van der Waals surface area contributed by atoms with E-state index in [2.05, 4.69) is 24.3 Å². The quantitative estimate of drug-likeness (QED) is 0.0448. The molecule has 17 N–H and O–H groups in total. The predicted octanol–water partition coefficient (Wildman–Crippen LogP) is -11.8. The zero-order valence-electron chi connectivity index (χ0n) is 40.4. The second-order valence-electron chi connectivity index (χ2n) is 17.7. The van der Waals surface area contributed by atoms with Gasteiger partial charge in [0.1, 0.15) is 110 Å². The number of ether oxygens (including phenoxy) is 9. The molecule has 25 atom stereocenters. The first-order valence-electron chi connectivity index (χ1n) is 22.5. The van der Waals surface area contributed by atoms with Gasteiger partial charge >= 0.3 is 43.1 Å². The van der Waals surface area contributed by atoms with Crippen molar-refractivity contribution in [2.45, 2.75) is 174 Å². The van der Waals surface area contributed by atoms with Gasteiger partial charge in [-0.15, -0.1) is 0 Å². The molecular weight excluding hydrogens is 1160 g/mol. The summed E-state index contributed by atoms with van der Waals surface area (Å²) in [6.07, 6.45) is -53.3. The largest absolute Gasteiger partial charge is 0.479 e. The van der Waals surface area contributed by atoms with Crippen LogP contribution in [0.2, 0.25) is 0 Å². The molecule has 0 aromatic carbocycles. The first-order valence-corrected chi connectivity index (χ1v) is 26.6. The van der Waals surface area contributed by atoms with Gasteiger partial charge in [0, 0.05) is 20.8 Å². The highest BCUT2D eigenvalue weighted by atomic mass is 32.3. The number of carbonyl (C=O) groups is 5. The number of carboxylic acid groups (broad SMARTS) is 2. The Morgan fingerprint density at radius 1 is 0.405 bits per heavy atom. The molecule has 5 aliphatic rings. The average molecular weight is 1220 g/mol.